The second-order valence-electron chi connectivity index (χ2n) is 3.18. The second kappa shape index (κ2) is 331. The molecule has 0 atom stereocenters. The summed E-state index contributed by atoms with van der Waals surface area (Å²) in [6.45, 7) is 1.80. The number of fused-ring (bicyclic) bond motifs is 1. The molecule has 0 saturated heterocycles. The normalized spacial score (nSPS) is 6.58. The van der Waals surface area contributed by atoms with Gasteiger partial charge in [-0.3, -0.25) is 4.70 Å². The van der Waals surface area contributed by atoms with Gasteiger partial charge in [0.05, 0.1) is 5.69 Å². The Balaban J connectivity index is -0.0000000151. The lowest BCUT2D eigenvalue weighted by Gasteiger charge is -2.20. The van der Waals surface area contributed by atoms with Crippen molar-refractivity contribution in [1.82, 2.24) is 9.88 Å². The Hall–Kier alpha value is -3.53. The third-order valence-electron chi connectivity index (χ3n) is 2.11. The van der Waals surface area contributed by atoms with Gasteiger partial charge in [-0.15, -0.1) is 11.3 Å². The van der Waals surface area contributed by atoms with Gasteiger partial charge in [0, 0.05) is 189 Å². The van der Waals surface area contributed by atoms with Crippen LogP contribution in [0.5, 0.6) is 0 Å². The molecule has 0 amide bonds. The second-order valence-corrected chi connectivity index (χ2v) is 4.27. The Bertz CT molecular complexity index is 389. The van der Waals surface area contributed by atoms with Crippen molar-refractivity contribution in [2.45, 2.75) is 13.0 Å². The Morgan fingerprint density at radius 2 is 0.700 bits per heavy atom. The molecule has 1 aliphatic heterocycles. The van der Waals surface area contributed by atoms with Gasteiger partial charge in [-0.05, 0) is 7.05 Å². The van der Waals surface area contributed by atoms with Crippen LogP contribution in [0.3, 0.4) is 0 Å². The molecule has 1 N–H and O–H groups in total. The minimum atomic E-state index is -0.915. The lowest BCUT2D eigenvalue weighted by atomic mass is 10.2. The molecule has 0 aromatic carbocycles. The number of hydrogen-bond acceptors (Lipinski definition) is 4. The van der Waals surface area contributed by atoms with E-state index in [1.807, 2.05) is 7.05 Å². The van der Waals surface area contributed by atoms with E-state index >= 15 is 0 Å². The van der Waals surface area contributed by atoms with Gasteiger partial charge in [0.2, 0.25) is 5.01 Å². The standard InChI is InChI=1S/C8H10N2O2S.18F2.FH/c1-10-3-2-5-6(4-10)13-7(9-5)8(11)12;18*1-2;/h2-4H2,1H3,(H,11,12);;;;;;;;;;;;;;;;;;;1H. The molecule has 1 aromatic heterocycles. The fourth-order valence-corrected chi connectivity index (χ4v) is 2.44. The molecule has 50 heavy (non-hydrogen) atoms. The van der Waals surface area contributed by atoms with Crippen LogP contribution in [0.2, 0.25) is 0 Å². The van der Waals surface area contributed by atoms with Crippen molar-refractivity contribution < 1.29 is 179 Å². The zero-order valence-corrected chi connectivity index (χ0v) is 22.1. The average molecular weight is 902 g/mol. The highest BCUT2D eigenvalue weighted by Gasteiger charge is 2.20. The van der Waals surface area contributed by atoms with Crippen molar-refractivity contribution in [2.24, 2.45) is 0 Å². The monoisotopic (exact) mass is 902 g/mol. The lowest BCUT2D eigenvalue weighted by Crippen LogP contribution is -2.25. The number of likely N-dealkylation sites (N-methyl/N-ethyl adjacent to an activating group) is 1. The SMILES string of the molecule is CN1CCc2nc(C(=O)O)sc2C1.F.FF.FF.FF.FF.FF.FF.FF.FF.FF.FF.FF.FF.FF.FF.FF.FF.FF.FF. The zero-order valence-electron chi connectivity index (χ0n) is 21.3. The minimum Gasteiger partial charge on any atom is -0.476 e. The van der Waals surface area contributed by atoms with Crippen molar-refractivity contribution in [2.75, 3.05) is 13.6 Å². The van der Waals surface area contributed by atoms with Crippen LogP contribution in [0.1, 0.15) is 20.4 Å². The first-order valence-corrected chi connectivity index (χ1v) is 7.46. The minimum absolute atomic E-state index is 0. The van der Waals surface area contributed by atoms with Crippen LogP contribution < -0.4 is 0 Å². The third kappa shape index (κ3) is 182. The largest absolute Gasteiger partial charge is 0.476 e. The Labute approximate surface area is 250 Å². The van der Waals surface area contributed by atoms with Gasteiger partial charge < -0.3 is 10.0 Å². The summed E-state index contributed by atoms with van der Waals surface area (Å²) in [6.07, 6.45) is 0.871. The molecule has 0 saturated carbocycles. The van der Waals surface area contributed by atoms with Crippen molar-refractivity contribution in [3.63, 3.8) is 0 Å². The Morgan fingerprint density at radius 3 is 0.880 bits per heavy atom. The molecular weight excluding hydrogens is 891 g/mol. The van der Waals surface area contributed by atoms with Crippen LogP contribution in [0, 0.1) is 0 Å². The van der Waals surface area contributed by atoms with E-state index in [0.717, 1.165) is 30.1 Å². The van der Waals surface area contributed by atoms with Gasteiger partial charge in [0.25, 0.3) is 0 Å². The Morgan fingerprint density at radius 1 is 0.500 bits per heavy atom. The quantitative estimate of drug-likeness (QED) is 0.285. The predicted molar refractivity (Wildman–Crippen MR) is 91.5 cm³/mol. The summed E-state index contributed by atoms with van der Waals surface area (Å²) in [5.41, 5.74) is 0.973. The fourth-order valence-electron chi connectivity index (χ4n) is 1.41. The van der Waals surface area contributed by atoms with Crippen molar-refractivity contribution in [3.8, 4) is 0 Å². The zero-order chi connectivity index (χ0) is 45.4. The topological polar surface area (TPSA) is 53.4 Å². The maximum Gasteiger partial charge on any atom is 0.365 e. The fraction of sp³-hybridized carbons (Fsp3) is 0.500. The van der Waals surface area contributed by atoms with Crippen molar-refractivity contribution in [1.29, 1.82) is 0 Å². The number of carbonyl (C=O) groups is 1. The van der Waals surface area contributed by atoms with Crippen LogP contribution in [0.25, 0.3) is 0 Å². The van der Waals surface area contributed by atoms with Gasteiger partial charge >= 0.3 is 5.97 Å². The number of carboxylic acids is 1. The number of halogens is 37. The molecule has 0 spiro atoms. The van der Waals surface area contributed by atoms with Crippen LogP contribution in [-0.2, 0) is 13.0 Å². The molecule has 1 aromatic rings. The number of hydrogen-bond donors (Lipinski definition) is 1. The highest BCUT2D eigenvalue weighted by molar-refractivity contribution is 7.13. The number of carboxylic acid groups (broad SMARTS) is 1. The first-order chi connectivity index (χ1) is 24.2. The molecule has 2 rings (SSSR count). The number of nitrogens with zero attached hydrogens (tertiary/aromatic N) is 2. The predicted octanol–water partition coefficient (Wildman–Crippen LogP) is 16.1. The van der Waals surface area contributed by atoms with E-state index < -0.39 is 5.97 Å². The smallest absolute Gasteiger partial charge is 0.365 e. The van der Waals surface area contributed by atoms with Crippen LogP contribution in [-0.4, -0.2) is 34.6 Å². The summed E-state index contributed by atoms with van der Waals surface area (Å²) in [5, 5.41) is 8.96. The van der Waals surface area contributed by atoms with Crippen LogP contribution in [0.15, 0.2) is 0 Å². The van der Waals surface area contributed by atoms with Crippen molar-refractivity contribution >= 4 is 17.3 Å². The van der Waals surface area contributed by atoms with Gasteiger partial charge in [-0.25, -0.2) is 9.78 Å². The molecule has 4 nitrogen and oxygen atoms in total. The first-order valence-electron chi connectivity index (χ1n) is 6.64. The molecule has 1 aliphatic rings. The highest BCUT2D eigenvalue weighted by atomic mass is 32.1. The number of aromatic nitrogens is 1. The van der Waals surface area contributed by atoms with E-state index in [1.54, 1.807) is 0 Å². The molecule has 0 radical (unpaired) electrons. The maximum absolute atomic E-state index is 10.6. The van der Waals surface area contributed by atoms with Gasteiger partial charge in [0.1, 0.15) is 0 Å². The molecule has 330 valence electrons. The molecular formula is C8H11F37N2O2S. The summed E-state index contributed by atoms with van der Waals surface area (Å²) < 4.78 is 288. The van der Waals surface area contributed by atoms with Crippen molar-refractivity contribution in [3.05, 3.63) is 15.6 Å². The van der Waals surface area contributed by atoms with Crippen LogP contribution in [0.4, 0.5) is 169 Å². The summed E-state index contributed by atoms with van der Waals surface area (Å²) in [6, 6.07) is 0. The maximum atomic E-state index is 10.6. The number of aromatic carboxylic acids is 1. The summed E-state index contributed by atoms with van der Waals surface area (Å²) in [4.78, 5) is 18.0. The average Bonchev–Trinajstić information content (AvgIpc) is 3.72. The van der Waals surface area contributed by atoms with E-state index in [-0.39, 0.29) is 9.71 Å². The molecule has 2 heterocycles. The van der Waals surface area contributed by atoms with E-state index in [9.17, 15) is 4.79 Å². The lowest BCUT2D eigenvalue weighted by molar-refractivity contribution is 0.0696. The van der Waals surface area contributed by atoms with E-state index in [4.69, 9.17) is 170 Å². The van der Waals surface area contributed by atoms with E-state index in [0.29, 0.717) is 0 Å². The summed E-state index contributed by atoms with van der Waals surface area (Å²) >= 11 is 1.29. The number of thiazole rings is 1. The molecule has 0 bridgehead atoms. The summed E-state index contributed by atoms with van der Waals surface area (Å²) in [5.74, 6) is -0.915. The van der Waals surface area contributed by atoms with Gasteiger partial charge in [-0.1, -0.05) is 0 Å². The van der Waals surface area contributed by atoms with E-state index in [2.05, 4.69) is 9.88 Å². The molecule has 42 heteroatoms. The molecule has 0 unspecified atom stereocenters. The van der Waals surface area contributed by atoms with Gasteiger partial charge in [0.15, 0.2) is 0 Å². The summed E-state index contributed by atoms with van der Waals surface area (Å²) in [7, 11) is 2.03. The Kier molecular flexibility index (Phi) is 786. The molecule has 0 fully saturated rings. The highest BCUT2D eigenvalue weighted by Crippen LogP contribution is 2.24. The first kappa shape index (κ1) is 119. The van der Waals surface area contributed by atoms with Crippen LogP contribution >= 0.6 is 11.3 Å². The van der Waals surface area contributed by atoms with E-state index in [1.165, 1.54) is 11.3 Å². The number of rotatable bonds is 1. The third-order valence-corrected chi connectivity index (χ3v) is 3.18. The van der Waals surface area contributed by atoms with Gasteiger partial charge in [-0.2, -0.15) is 0 Å². The molecule has 0 aliphatic carbocycles.